The van der Waals surface area contributed by atoms with Crippen LogP contribution in [0.1, 0.15) is 35.4 Å². The Kier molecular flexibility index (Phi) is 6.23. The number of carbonyl (C=O) groups is 1. The number of piperidine rings is 1. The minimum Gasteiger partial charge on any atom is -0.352 e. The van der Waals surface area contributed by atoms with Gasteiger partial charge in [0.1, 0.15) is 0 Å². The predicted octanol–water partition coefficient (Wildman–Crippen LogP) is 3.88. The summed E-state index contributed by atoms with van der Waals surface area (Å²) in [5.41, 5.74) is 4.45. The Morgan fingerprint density at radius 3 is 2.77 bits per heavy atom. The molecule has 1 unspecified atom stereocenters. The molecule has 1 N–H and O–H groups in total. The highest BCUT2D eigenvalue weighted by molar-refractivity contribution is 5.79. The Hall–Kier alpha value is -2.99. The molecule has 6 nitrogen and oxygen atoms in total. The van der Waals surface area contributed by atoms with Crippen LogP contribution >= 0.6 is 0 Å². The molecule has 0 bridgehead atoms. The monoisotopic (exact) mass is 404 g/mol. The summed E-state index contributed by atoms with van der Waals surface area (Å²) in [6, 6.07) is 16.3. The maximum atomic E-state index is 12.7. The van der Waals surface area contributed by atoms with Gasteiger partial charge in [0.25, 0.3) is 0 Å². The second-order valence-electron chi connectivity index (χ2n) is 8.16. The molecular formula is C24H28N4O2. The smallest absolute Gasteiger partial charge is 0.241 e. The summed E-state index contributed by atoms with van der Waals surface area (Å²) in [6.45, 7) is 6.89. The summed E-state index contributed by atoms with van der Waals surface area (Å²) < 4.78 is 5.47. The van der Waals surface area contributed by atoms with Crippen molar-refractivity contribution in [1.29, 1.82) is 0 Å². The zero-order valence-electron chi connectivity index (χ0n) is 17.6. The van der Waals surface area contributed by atoms with E-state index in [-0.39, 0.29) is 11.8 Å². The van der Waals surface area contributed by atoms with Crippen molar-refractivity contribution in [2.24, 2.45) is 5.92 Å². The third-order valence-corrected chi connectivity index (χ3v) is 5.53. The van der Waals surface area contributed by atoms with E-state index in [1.54, 1.807) is 0 Å². The summed E-state index contributed by atoms with van der Waals surface area (Å²) in [5, 5.41) is 7.22. The van der Waals surface area contributed by atoms with Crippen LogP contribution in [0.2, 0.25) is 0 Å². The van der Waals surface area contributed by atoms with E-state index < -0.39 is 0 Å². The van der Waals surface area contributed by atoms with Crippen molar-refractivity contribution in [2.75, 3.05) is 13.1 Å². The molecule has 3 aromatic rings. The van der Waals surface area contributed by atoms with Gasteiger partial charge in [-0.1, -0.05) is 58.7 Å². The quantitative estimate of drug-likeness (QED) is 0.675. The Labute approximate surface area is 177 Å². The lowest BCUT2D eigenvalue weighted by molar-refractivity contribution is -0.127. The molecular weight excluding hydrogens is 376 g/mol. The van der Waals surface area contributed by atoms with Gasteiger partial charge in [0.05, 0.1) is 12.5 Å². The summed E-state index contributed by atoms with van der Waals surface area (Å²) in [7, 11) is 0. The van der Waals surface area contributed by atoms with Crippen molar-refractivity contribution in [3.8, 4) is 11.4 Å². The van der Waals surface area contributed by atoms with Crippen LogP contribution < -0.4 is 5.32 Å². The highest BCUT2D eigenvalue weighted by atomic mass is 16.5. The number of nitrogens with zero attached hydrogens (tertiary/aromatic N) is 3. The maximum absolute atomic E-state index is 12.7. The minimum atomic E-state index is -0.0114. The van der Waals surface area contributed by atoms with Gasteiger partial charge in [0, 0.05) is 18.7 Å². The number of carbonyl (C=O) groups excluding carboxylic acids is 1. The van der Waals surface area contributed by atoms with Crippen molar-refractivity contribution >= 4 is 5.91 Å². The lowest BCUT2D eigenvalue weighted by atomic mass is 9.97. The fourth-order valence-electron chi connectivity index (χ4n) is 3.98. The first kappa shape index (κ1) is 20.3. The van der Waals surface area contributed by atoms with Gasteiger partial charge in [-0.15, -0.1) is 0 Å². The second kappa shape index (κ2) is 9.22. The Bertz CT molecular complexity index is 1010. The Morgan fingerprint density at radius 2 is 1.97 bits per heavy atom. The Morgan fingerprint density at radius 1 is 1.17 bits per heavy atom. The number of hydrogen-bond acceptors (Lipinski definition) is 5. The topological polar surface area (TPSA) is 71.3 Å². The lowest BCUT2D eigenvalue weighted by Gasteiger charge is -2.30. The van der Waals surface area contributed by atoms with E-state index in [2.05, 4.69) is 39.4 Å². The van der Waals surface area contributed by atoms with Crippen LogP contribution in [-0.4, -0.2) is 34.0 Å². The molecule has 2 heterocycles. The Balaban J connectivity index is 1.32. The number of amides is 1. The zero-order valence-corrected chi connectivity index (χ0v) is 17.6. The molecule has 2 aromatic carbocycles. The van der Waals surface area contributed by atoms with Crippen LogP contribution in [0.25, 0.3) is 11.4 Å². The zero-order chi connectivity index (χ0) is 20.9. The first-order chi connectivity index (χ1) is 14.6. The molecule has 1 aliphatic rings. The molecule has 0 spiro atoms. The van der Waals surface area contributed by atoms with Gasteiger partial charge >= 0.3 is 0 Å². The number of likely N-dealkylation sites (tertiary alicyclic amines) is 1. The van der Waals surface area contributed by atoms with Crippen LogP contribution in [0.5, 0.6) is 0 Å². The third kappa shape index (κ3) is 5.13. The van der Waals surface area contributed by atoms with Crippen molar-refractivity contribution in [3.05, 3.63) is 71.1 Å². The van der Waals surface area contributed by atoms with Gasteiger partial charge in [0.15, 0.2) is 0 Å². The van der Waals surface area contributed by atoms with Gasteiger partial charge in [-0.25, -0.2) is 0 Å². The first-order valence-electron chi connectivity index (χ1n) is 10.5. The molecule has 0 aliphatic carbocycles. The summed E-state index contributed by atoms with van der Waals surface area (Å²) in [4.78, 5) is 19.5. The van der Waals surface area contributed by atoms with Crippen LogP contribution in [0, 0.1) is 19.8 Å². The molecule has 30 heavy (non-hydrogen) atoms. The standard InChI is InChI=1S/C24H28N4O2/c1-17-6-3-8-19(12-17)14-25-24(29)21-10-5-11-28(15-21)16-22-26-23(27-30-22)20-9-4-7-18(2)13-20/h3-4,6-9,12-13,21H,5,10-11,14-16H2,1-2H3,(H,25,29). The molecule has 1 saturated heterocycles. The fourth-order valence-corrected chi connectivity index (χ4v) is 3.98. The molecule has 0 saturated carbocycles. The summed E-state index contributed by atoms with van der Waals surface area (Å²) >= 11 is 0. The number of benzene rings is 2. The SMILES string of the molecule is Cc1cccc(CNC(=O)C2CCCN(Cc3nc(-c4cccc(C)c4)no3)C2)c1. The van der Waals surface area contributed by atoms with E-state index in [1.165, 1.54) is 5.56 Å². The van der Waals surface area contributed by atoms with Crippen LogP contribution in [-0.2, 0) is 17.9 Å². The molecule has 6 heteroatoms. The molecule has 1 aromatic heterocycles. The molecule has 1 amide bonds. The lowest BCUT2D eigenvalue weighted by Crippen LogP contribution is -2.42. The summed E-state index contributed by atoms with van der Waals surface area (Å²) in [5.74, 6) is 1.31. The van der Waals surface area contributed by atoms with E-state index in [9.17, 15) is 4.79 Å². The highest BCUT2D eigenvalue weighted by Gasteiger charge is 2.26. The minimum absolute atomic E-state index is 0.0114. The van der Waals surface area contributed by atoms with Crippen LogP contribution in [0.4, 0.5) is 0 Å². The van der Waals surface area contributed by atoms with Crippen LogP contribution in [0.3, 0.4) is 0 Å². The predicted molar refractivity (Wildman–Crippen MR) is 115 cm³/mol. The van der Waals surface area contributed by atoms with Crippen LogP contribution in [0.15, 0.2) is 53.1 Å². The molecule has 0 radical (unpaired) electrons. The van der Waals surface area contributed by atoms with Gasteiger partial charge in [-0.2, -0.15) is 4.98 Å². The normalized spacial score (nSPS) is 17.1. The van der Waals surface area contributed by atoms with E-state index in [0.717, 1.165) is 36.1 Å². The third-order valence-electron chi connectivity index (χ3n) is 5.53. The van der Waals surface area contributed by atoms with Gasteiger partial charge in [-0.05, 0) is 44.9 Å². The summed E-state index contributed by atoms with van der Waals surface area (Å²) in [6.07, 6.45) is 1.90. The number of rotatable bonds is 6. The highest BCUT2D eigenvalue weighted by Crippen LogP contribution is 2.21. The van der Waals surface area contributed by atoms with Gasteiger partial charge < -0.3 is 9.84 Å². The molecule has 156 valence electrons. The molecule has 1 fully saturated rings. The number of hydrogen-bond donors (Lipinski definition) is 1. The van der Waals surface area contributed by atoms with E-state index in [0.29, 0.717) is 31.3 Å². The van der Waals surface area contributed by atoms with Crippen molar-refractivity contribution in [1.82, 2.24) is 20.4 Å². The second-order valence-corrected chi connectivity index (χ2v) is 8.16. The van der Waals surface area contributed by atoms with E-state index >= 15 is 0 Å². The molecule has 1 aliphatic heterocycles. The van der Waals surface area contributed by atoms with Crippen molar-refractivity contribution in [3.63, 3.8) is 0 Å². The van der Waals surface area contributed by atoms with Gasteiger partial charge in [0.2, 0.25) is 17.6 Å². The number of aromatic nitrogens is 2. The first-order valence-corrected chi connectivity index (χ1v) is 10.5. The van der Waals surface area contributed by atoms with Crippen molar-refractivity contribution < 1.29 is 9.32 Å². The molecule has 4 rings (SSSR count). The average Bonchev–Trinajstić information content (AvgIpc) is 3.21. The fraction of sp³-hybridized carbons (Fsp3) is 0.375. The van der Waals surface area contributed by atoms with Gasteiger partial charge in [-0.3, -0.25) is 9.69 Å². The molecule has 1 atom stereocenters. The van der Waals surface area contributed by atoms with Crippen molar-refractivity contribution in [2.45, 2.75) is 39.8 Å². The van der Waals surface area contributed by atoms with E-state index in [4.69, 9.17) is 4.52 Å². The number of nitrogens with one attached hydrogen (secondary N) is 1. The largest absolute Gasteiger partial charge is 0.352 e. The van der Waals surface area contributed by atoms with E-state index in [1.807, 2.05) is 43.3 Å². The number of aryl methyl sites for hydroxylation is 2. The average molecular weight is 405 g/mol. The maximum Gasteiger partial charge on any atom is 0.241 e.